The van der Waals surface area contributed by atoms with Crippen molar-refractivity contribution >= 4 is 33.0 Å². The van der Waals surface area contributed by atoms with Crippen molar-refractivity contribution in [3.8, 4) is 0 Å². The smallest absolute Gasteiger partial charge is 0.271 e. The number of carbonyl (C=O) groups is 1. The SMILES string of the molecule is CC[C@H](NC(=O)c1ccccc1NS(=O)(=O)c1cccs1)c1ccccc1.[HH]. The average molecular weight is 403 g/mol. The van der Waals surface area contributed by atoms with Crippen LogP contribution in [0.4, 0.5) is 5.69 Å². The van der Waals surface area contributed by atoms with Gasteiger partial charge in [0.1, 0.15) is 4.21 Å². The van der Waals surface area contributed by atoms with Crippen LogP contribution in [0, 0.1) is 0 Å². The first-order chi connectivity index (χ1) is 13.0. The third kappa shape index (κ3) is 4.56. The van der Waals surface area contributed by atoms with E-state index in [0.29, 0.717) is 0 Å². The van der Waals surface area contributed by atoms with E-state index < -0.39 is 10.0 Å². The summed E-state index contributed by atoms with van der Waals surface area (Å²) >= 11 is 1.12. The second-order valence-corrected chi connectivity index (χ2v) is 8.79. The molecule has 1 atom stereocenters. The van der Waals surface area contributed by atoms with Crippen LogP contribution in [-0.2, 0) is 10.0 Å². The minimum absolute atomic E-state index is 0. The van der Waals surface area contributed by atoms with Crippen LogP contribution in [0.1, 0.15) is 36.7 Å². The highest BCUT2D eigenvalue weighted by molar-refractivity contribution is 7.94. The Balaban J connectivity index is 0.00000280. The van der Waals surface area contributed by atoms with Gasteiger partial charge >= 0.3 is 0 Å². The van der Waals surface area contributed by atoms with E-state index in [1.165, 1.54) is 6.07 Å². The Kier molecular flexibility index (Phi) is 5.93. The van der Waals surface area contributed by atoms with Crippen LogP contribution in [0.2, 0.25) is 0 Å². The quantitative estimate of drug-likeness (QED) is 0.603. The molecule has 142 valence electrons. The number of hydrogen-bond donors (Lipinski definition) is 2. The Hall–Kier alpha value is -2.64. The molecule has 27 heavy (non-hydrogen) atoms. The molecule has 0 radical (unpaired) electrons. The molecule has 0 fully saturated rings. The third-order valence-electron chi connectivity index (χ3n) is 4.09. The monoisotopic (exact) mass is 402 g/mol. The lowest BCUT2D eigenvalue weighted by Crippen LogP contribution is -2.29. The first kappa shape index (κ1) is 19.1. The Morgan fingerprint density at radius 1 is 1.04 bits per heavy atom. The Morgan fingerprint density at radius 3 is 2.41 bits per heavy atom. The molecule has 3 aromatic rings. The van der Waals surface area contributed by atoms with Crippen molar-refractivity contribution in [3.63, 3.8) is 0 Å². The fraction of sp³-hybridized carbons (Fsp3) is 0.150. The van der Waals surface area contributed by atoms with Crippen molar-refractivity contribution < 1.29 is 14.6 Å². The summed E-state index contributed by atoms with van der Waals surface area (Å²) in [5.41, 5.74) is 1.54. The molecule has 0 aliphatic carbocycles. The number of anilines is 1. The number of sulfonamides is 1. The van der Waals surface area contributed by atoms with Crippen LogP contribution in [0.5, 0.6) is 0 Å². The summed E-state index contributed by atoms with van der Waals surface area (Å²) in [6, 6.07) is 19.3. The molecule has 0 aliphatic heterocycles. The zero-order valence-corrected chi connectivity index (χ0v) is 16.4. The van der Waals surface area contributed by atoms with E-state index in [1.807, 2.05) is 37.3 Å². The van der Waals surface area contributed by atoms with Crippen LogP contribution < -0.4 is 10.0 Å². The van der Waals surface area contributed by atoms with E-state index in [9.17, 15) is 13.2 Å². The number of rotatable bonds is 7. The van der Waals surface area contributed by atoms with Gasteiger partial charge in [-0.3, -0.25) is 9.52 Å². The third-order valence-corrected chi connectivity index (χ3v) is 6.85. The van der Waals surface area contributed by atoms with Crippen LogP contribution in [0.3, 0.4) is 0 Å². The van der Waals surface area contributed by atoms with Crippen molar-refractivity contribution in [3.05, 3.63) is 83.2 Å². The molecule has 7 heteroatoms. The molecule has 1 amide bonds. The highest BCUT2D eigenvalue weighted by Crippen LogP contribution is 2.24. The molecule has 3 rings (SSSR count). The van der Waals surface area contributed by atoms with Gasteiger partial charge in [-0.25, -0.2) is 8.42 Å². The van der Waals surface area contributed by atoms with Gasteiger partial charge in [0.15, 0.2) is 0 Å². The van der Waals surface area contributed by atoms with E-state index in [4.69, 9.17) is 0 Å². The minimum Gasteiger partial charge on any atom is -0.345 e. The maximum Gasteiger partial charge on any atom is 0.271 e. The molecule has 5 nitrogen and oxygen atoms in total. The lowest BCUT2D eigenvalue weighted by molar-refractivity contribution is 0.0936. The van der Waals surface area contributed by atoms with Crippen LogP contribution in [-0.4, -0.2) is 14.3 Å². The van der Waals surface area contributed by atoms with Gasteiger partial charge in [0.25, 0.3) is 15.9 Å². The summed E-state index contributed by atoms with van der Waals surface area (Å²) in [6.45, 7) is 1.99. The van der Waals surface area contributed by atoms with Crippen LogP contribution >= 0.6 is 11.3 Å². The molecule has 1 aromatic heterocycles. The highest BCUT2D eigenvalue weighted by Gasteiger charge is 2.21. The Bertz CT molecular complexity index is 1010. The fourth-order valence-electron chi connectivity index (χ4n) is 2.72. The summed E-state index contributed by atoms with van der Waals surface area (Å²) in [5.74, 6) is -0.324. The van der Waals surface area contributed by atoms with Gasteiger partial charge in [-0.05, 0) is 35.6 Å². The predicted octanol–water partition coefficient (Wildman–Crippen LogP) is 4.68. The number of nitrogens with one attached hydrogen (secondary N) is 2. The second-order valence-electron chi connectivity index (χ2n) is 5.93. The van der Waals surface area contributed by atoms with Crippen molar-refractivity contribution in [2.75, 3.05) is 4.72 Å². The summed E-state index contributed by atoms with van der Waals surface area (Å²) in [6.07, 6.45) is 0.721. The van der Waals surface area contributed by atoms with Gasteiger partial charge in [-0.15, -0.1) is 11.3 Å². The maximum atomic E-state index is 12.8. The van der Waals surface area contributed by atoms with Crippen molar-refractivity contribution in [2.45, 2.75) is 23.6 Å². The summed E-state index contributed by atoms with van der Waals surface area (Å²) in [7, 11) is -3.72. The molecule has 2 N–H and O–H groups in total. The predicted molar refractivity (Wildman–Crippen MR) is 111 cm³/mol. The molecular formula is C20H22N2O3S2. The Morgan fingerprint density at radius 2 is 1.74 bits per heavy atom. The molecule has 0 saturated carbocycles. The molecule has 2 aromatic carbocycles. The lowest BCUT2D eigenvalue weighted by atomic mass is 10.0. The fourth-order valence-corrected chi connectivity index (χ4v) is 4.80. The first-order valence-corrected chi connectivity index (χ1v) is 10.9. The number of carbonyl (C=O) groups excluding carboxylic acids is 1. The van der Waals surface area contributed by atoms with Gasteiger partial charge in [0.05, 0.1) is 17.3 Å². The zero-order chi connectivity index (χ0) is 19.3. The zero-order valence-electron chi connectivity index (χ0n) is 14.8. The first-order valence-electron chi connectivity index (χ1n) is 8.52. The lowest BCUT2D eigenvalue weighted by Gasteiger charge is -2.19. The standard InChI is InChI=1S/C20H20N2O3S2.H2/c1-2-17(15-9-4-3-5-10-15)21-20(23)16-11-6-7-12-18(16)22-27(24,25)19-13-8-14-26-19;/h3-14,17,22H,2H2,1H3,(H,21,23);1H/t17-;/m0./s1. The minimum atomic E-state index is -3.72. The molecule has 0 spiro atoms. The molecule has 0 aliphatic rings. The molecule has 0 saturated heterocycles. The topological polar surface area (TPSA) is 75.3 Å². The molecule has 0 unspecified atom stereocenters. The van der Waals surface area contributed by atoms with Gasteiger partial charge < -0.3 is 5.32 Å². The molecule has 1 heterocycles. The number of para-hydroxylation sites is 1. The van der Waals surface area contributed by atoms with E-state index in [2.05, 4.69) is 10.0 Å². The second kappa shape index (κ2) is 8.37. The van der Waals surface area contributed by atoms with Gasteiger partial charge in [0, 0.05) is 1.43 Å². The van der Waals surface area contributed by atoms with E-state index >= 15 is 0 Å². The van der Waals surface area contributed by atoms with Gasteiger partial charge in [0.2, 0.25) is 0 Å². The van der Waals surface area contributed by atoms with Crippen LogP contribution in [0.15, 0.2) is 76.3 Å². The van der Waals surface area contributed by atoms with Crippen molar-refractivity contribution in [2.24, 2.45) is 0 Å². The Labute approximate surface area is 164 Å². The summed E-state index contributed by atoms with van der Waals surface area (Å²) < 4.78 is 27.7. The van der Waals surface area contributed by atoms with E-state index in [0.717, 1.165) is 23.3 Å². The number of thiophene rings is 1. The number of benzene rings is 2. The largest absolute Gasteiger partial charge is 0.345 e. The van der Waals surface area contributed by atoms with Crippen molar-refractivity contribution in [1.82, 2.24) is 5.32 Å². The summed E-state index contributed by atoms with van der Waals surface area (Å²) in [4.78, 5) is 12.8. The number of amides is 1. The van der Waals surface area contributed by atoms with Crippen molar-refractivity contribution in [1.29, 1.82) is 0 Å². The normalized spacial score (nSPS) is 12.3. The van der Waals surface area contributed by atoms with E-state index in [1.54, 1.807) is 35.7 Å². The van der Waals surface area contributed by atoms with Gasteiger partial charge in [-0.1, -0.05) is 55.5 Å². The highest BCUT2D eigenvalue weighted by atomic mass is 32.2. The van der Waals surface area contributed by atoms with Crippen LogP contribution in [0.25, 0.3) is 0 Å². The summed E-state index contributed by atoms with van der Waals surface area (Å²) in [5, 5.41) is 4.68. The molecular weight excluding hydrogens is 380 g/mol. The number of hydrogen-bond acceptors (Lipinski definition) is 4. The van der Waals surface area contributed by atoms with Gasteiger partial charge in [-0.2, -0.15) is 0 Å². The maximum absolute atomic E-state index is 12.8. The van der Waals surface area contributed by atoms with E-state index in [-0.39, 0.29) is 28.8 Å². The average Bonchev–Trinajstić information content (AvgIpc) is 3.22. The molecule has 0 bridgehead atoms.